The summed E-state index contributed by atoms with van der Waals surface area (Å²) >= 11 is 0. The van der Waals surface area contributed by atoms with Gasteiger partial charge in [-0.2, -0.15) is 0 Å². The summed E-state index contributed by atoms with van der Waals surface area (Å²) in [4.78, 5) is 2.77. The van der Waals surface area contributed by atoms with E-state index in [4.69, 9.17) is 0 Å². The molecule has 2 nitrogen and oxygen atoms in total. The highest BCUT2D eigenvalue weighted by atomic mass is 15.2. The number of rotatable bonds is 4. The van der Waals surface area contributed by atoms with E-state index in [0.29, 0.717) is 0 Å². The smallest absolute Gasteiger partial charge is 0.00952 e. The summed E-state index contributed by atoms with van der Waals surface area (Å²) in [5.74, 6) is 1.04. The van der Waals surface area contributed by atoms with Gasteiger partial charge in [0.2, 0.25) is 0 Å². The molecule has 0 unspecified atom stereocenters. The molecule has 16 heavy (non-hydrogen) atoms. The Kier molecular flexibility index (Phi) is 3.49. The van der Waals surface area contributed by atoms with E-state index in [2.05, 4.69) is 10.2 Å². The highest BCUT2D eigenvalue weighted by Gasteiger charge is 2.28. The predicted molar refractivity (Wildman–Crippen MR) is 67.6 cm³/mol. The van der Waals surface area contributed by atoms with Gasteiger partial charge in [-0.1, -0.05) is 12.8 Å². The molecule has 0 bridgehead atoms. The third kappa shape index (κ3) is 2.78. The molecule has 0 aromatic heterocycles. The van der Waals surface area contributed by atoms with Crippen LogP contribution in [0.1, 0.15) is 51.4 Å². The number of hydrogen-bond acceptors (Lipinski definition) is 2. The maximum atomic E-state index is 3.77. The van der Waals surface area contributed by atoms with Crippen LogP contribution in [0.5, 0.6) is 0 Å². The van der Waals surface area contributed by atoms with E-state index in [0.717, 1.165) is 18.0 Å². The van der Waals surface area contributed by atoms with Gasteiger partial charge in [-0.05, 0) is 64.1 Å². The van der Waals surface area contributed by atoms with Crippen LogP contribution in [0, 0.1) is 5.92 Å². The van der Waals surface area contributed by atoms with Crippen molar-refractivity contribution in [3.8, 4) is 0 Å². The van der Waals surface area contributed by atoms with Gasteiger partial charge in [-0.25, -0.2) is 0 Å². The average Bonchev–Trinajstić information content (AvgIpc) is 3.00. The maximum absolute atomic E-state index is 3.77. The normalized spacial score (nSPS) is 30.0. The molecule has 1 N–H and O–H groups in total. The lowest BCUT2D eigenvalue weighted by molar-refractivity contribution is 0.145. The lowest BCUT2D eigenvalue weighted by atomic mass is 10.0. The SMILES string of the molecule is C1CCC(N2CCC(NCC3CC3)CC2)C1. The molecule has 0 atom stereocenters. The van der Waals surface area contributed by atoms with E-state index >= 15 is 0 Å². The van der Waals surface area contributed by atoms with Crippen LogP contribution >= 0.6 is 0 Å². The van der Waals surface area contributed by atoms with E-state index in [-0.39, 0.29) is 0 Å². The van der Waals surface area contributed by atoms with Crippen molar-refractivity contribution < 1.29 is 0 Å². The Morgan fingerprint density at radius 1 is 0.875 bits per heavy atom. The standard InChI is InChI=1S/C14H26N2/c1-2-4-14(3-1)16-9-7-13(8-10-16)15-11-12-5-6-12/h12-15H,1-11H2. The van der Waals surface area contributed by atoms with E-state index in [9.17, 15) is 0 Å². The molecule has 1 aliphatic heterocycles. The zero-order chi connectivity index (χ0) is 10.8. The Hall–Kier alpha value is -0.0800. The fourth-order valence-corrected chi connectivity index (χ4v) is 3.39. The third-order valence-corrected chi connectivity index (χ3v) is 4.76. The summed E-state index contributed by atoms with van der Waals surface area (Å²) in [6.07, 6.45) is 11.6. The Labute approximate surface area is 99.8 Å². The highest BCUT2D eigenvalue weighted by Crippen LogP contribution is 2.29. The van der Waals surface area contributed by atoms with Crippen LogP contribution in [0.25, 0.3) is 0 Å². The molecular weight excluding hydrogens is 196 g/mol. The van der Waals surface area contributed by atoms with Gasteiger partial charge in [0.05, 0.1) is 0 Å². The molecule has 2 saturated carbocycles. The Bertz CT molecular complexity index is 211. The van der Waals surface area contributed by atoms with Gasteiger partial charge in [-0.15, -0.1) is 0 Å². The fourth-order valence-electron chi connectivity index (χ4n) is 3.39. The molecule has 2 aliphatic carbocycles. The van der Waals surface area contributed by atoms with Crippen molar-refractivity contribution in [1.82, 2.24) is 10.2 Å². The van der Waals surface area contributed by atoms with Crippen molar-refractivity contribution in [3.63, 3.8) is 0 Å². The van der Waals surface area contributed by atoms with Crippen LogP contribution in [-0.4, -0.2) is 36.6 Å². The van der Waals surface area contributed by atoms with Crippen molar-refractivity contribution in [2.75, 3.05) is 19.6 Å². The predicted octanol–water partition coefficient (Wildman–Crippen LogP) is 2.39. The first-order valence-electron chi connectivity index (χ1n) is 7.39. The molecule has 2 heteroatoms. The second-order valence-corrected chi connectivity index (χ2v) is 6.10. The van der Waals surface area contributed by atoms with Gasteiger partial charge in [0.1, 0.15) is 0 Å². The maximum Gasteiger partial charge on any atom is 0.00952 e. The molecule has 0 radical (unpaired) electrons. The first kappa shape index (κ1) is 11.0. The van der Waals surface area contributed by atoms with Crippen molar-refractivity contribution >= 4 is 0 Å². The molecule has 1 saturated heterocycles. The zero-order valence-electron chi connectivity index (χ0n) is 10.5. The highest BCUT2D eigenvalue weighted by molar-refractivity contribution is 4.85. The molecule has 3 aliphatic rings. The first-order chi connectivity index (χ1) is 7.92. The number of piperidine rings is 1. The first-order valence-corrected chi connectivity index (χ1v) is 7.39. The third-order valence-electron chi connectivity index (χ3n) is 4.76. The summed E-state index contributed by atoms with van der Waals surface area (Å²) in [5.41, 5.74) is 0. The number of nitrogens with one attached hydrogen (secondary N) is 1. The van der Waals surface area contributed by atoms with Gasteiger partial charge in [0, 0.05) is 12.1 Å². The lowest BCUT2D eigenvalue weighted by Crippen LogP contribution is -2.46. The van der Waals surface area contributed by atoms with Gasteiger partial charge in [0.15, 0.2) is 0 Å². The van der Waals surface area contributed by atoms with E-state index in [1.165, 1.54) is 71.0 Å². The van der Waals surface area contributed by atoms with Gasteiger partial charge < -0.3 is 10.2 Å². The Morgan fingerprint density at radius 2 is 1.56 bits per heavy atom. The van der Waals surface area contributed by atoms with Crippen molar-refractivity contribution in [2.45, 2.75) is 63.5 Å². The molecule has 3 rings (SSSR count). The Morgan fingerprint density at radius 3 is 2.19 bits per heavy atom. The zero-order valence-corrected chi connectivity index (χ0v) is 10.5. The molecule has 3 fully saturated rings. The van der Waals surface area contributed by atoms with Crippen LogP contribution in [-0.2, 0) is 0 Å². The minimum absolute atomic E-state index is 0.832. The van der Waals surface area contributed by atoms with Crippen LogP contribution in [0.4, 0.5) is 0 Å². The van der Waals surface area contributed by atoms with Crippen LogP contribution in [0.2, 0.25) is 0 Å². The van der Waals surface area contributed by atoms with Crippen molar-refractivity contribution in [1.29, 1.82) is 0 Å². The summed E-state index contributed by atoms with van der Waals surface area (Å²) < 4.78 is 0. The van der Waals surface area contributed by atoms with E-state index in [1.807, 2.05) is 0 Å². The average molecular weight is 222 g/mol. The quantitative estimate of drug-likeness (QED) is 0.786. The van der Waals surface area contributed by atoms with Gasteiger partial charge >= 0.3 is 0 Å². The van der Waals surface area contributed by atoms with Crippen molar-refractivity contribution in [2.24, 2.45) is 5.92 Å². The number of nitrogens with zero attached hydrogens (tertiary/aromatic N) is 1. The molecular formula is C14H26N2. The van der Waals surface area contributed by atoms with Crippen molar-refractivity contribution in [3.05, 3.63) is 0 Å². The van der Waals surface area contributed by atoms with E-state index in [1.54, 1.807) is 0 Å². The van der Waals surface area contributed by atoms with Crippen LogP contribution in [0.15, 0.2) is 0 Å². The van der Waals surface area contributed by atoms with Gasteiger partial charge in [-0.3, -0.25) is 0 Å². The molecule has 92 valence electrons. The summed E-state index contributed by atoms with van der Waals surface area (Å²) in [6.45, 7) is 4.01. The molecule has 0 amide bonds. The second-order valence-electron chi connectivity index (χ2n) is 6.10. The fraction of sp³-hybridized carbons (Fsp3) is 1.00. The molecule has 0 spiro atoms. The van der Waals surface area contributed by atoms with E-state index < -0.39 is 0 Å². The number of hydrogen-bond donors (Lipinski definition) is 1. The largest absolute Gasteiger partial charge is 0.314 e. The monoisotopic (exact) mass is 222 g/mol. The summed E-state index contributed by atoms with van der Waals surface area (Å²) in [7, 11) is 0. The summed E-state index contributed by atoms with van der Waals surface area (Å²) in [5, 5.41) is 3.77. The minimum atomic E-state index is 0.832. The molecule has 0 aromatic carbocycles. The topological polar surface area (TPSA) is 15.3 Å². The molecule has 0 aromatic rings. The minimum Gasteiger partial charge on any atom is -0.314 e. The second kappa shape index (κ2) is 5.05. The number of likely N-dealkylation sites (tertiary alicyclic amines) is 1. The van der Waals surface area contributed by atoms with Gasteiger partial charge in [0.25, 0.3) is 0 Å². The van der Waals surface area contributed by atoms with Crippen LogP contribution < -0.4 is 5.32 Å². The van der Waals surface area contributed by atoms with Crippen LogP contribution in [0.3, 0.4) is 0 Å². The Balaban J connectivity index is 1.37. The lowest BCUT2D eigenvalue weighted by Gasteiger charge is -2.36. The molecule has 1 heterocycles. The summed E-state index contributed by atoms with van der Waals surface area (Å²) in [6, 6.07) is 1.78.